The quantitative estimate of drug-likeness (QED) is 0.935. The first-order valence-electron chi connectivity index (χ1n) is 5.62. The molecule has 0 aliphatic rings. The van der Waals surface area contributed by atoms with Crippen molar-refractivity contribution >= 4 is 17.6 Å². The van der Waals surface area contributed by atoms with Crippen LogP contribution in [0.3, 0.4) is 0 Å². The number of rotatable bonds is 3. The summed E-state index contributed by atoms with van der Waals surface area (Å²) < 4.78 is 6.45. The molecule has 104 valence electrons. The van der Waals surface area contributed by atoms with Gasteiger partial charge in [0, 0.05) is 17.8 Å². The van der Waals surface area contributed by atoms with E-state index in [2.05, 4.69) is 5.10 Å². The summed E-state index contributed by atoms with van der Waals surface area (Å²) in [5.41, 5.74) is -0.118. The molecule has 0 saturated carbocycles. The fraction of sp³-hybridized carbons (Fsp3) is 0.154. The number of aromatic carboxylic acids is 1. The van der Waals surface area contributed by atoms with Crippen LogP contribution in [0.1, 0.15) is 16.2 Å². The molecule has 0 unspecified atom stereocenters. The molecule has 2 rings (SSSR count). The zero-order valence-corrected chi connectivity index (χ0v) is 11.5. The molecule has 0 bridgehead atoms. The van der Waals surface area contributed by atoms with Crippen molar-refractivity contribution in [2.75, 3.05) is 7.11 Å². The molecular weight excluding hydrogens is 284 g/mol. The monoisotopic (exact) mass is 294 g/mol. The van der Waals surface area contributed by atoms with E-state index in [9.17, 15) is 9.59 Å². The maximum atomic E-state index is 11.5. The van der Waals surface area contributed by atoms with Gasteiger partial charge in [0.25, 0.3) is 0 Å². The van der Waals surface area contributed by atoms with Crippen molar-refractivity contribution in [1.82, 2.24) is 9.78 Å². The Bertz CT molecular complexity index is 740. The second kappa shape index (κ2) is 5.34. The van der Waals surface area contributed by atoms with Crippen molar-refractivity contribution in [3.05, 3.63) is 50.9 Å². The second-order valence-corrected chi connectivity index (χ2v) is 4.44. The van der Waals surface area contributed by atoms with Gasteiger partial charge in [-0.15, -0.1) is 0 Å². The summed E-state index contributed by atoms with van der Waals surface area (Å²) in [6.45, 7) is 1.65. The molecule has 20 heavy (non-hydrogen) atoms. The van der Waals surface area contributed by atoms with E-state index in [1.165, 1.54) is 17.9 Å². The first-order valence-corrected chi connectivity index (χ1v) is 6.00. The number of carboxylic acid groups (broad SMARTS) is 1. The van der Waals surface area contributed by atoms with Crippen molar-refractivity contribution < 1.29 is 14.6 Å². The van der Waals surface area contributed by atoms with E-state index in [1.807, 2.05) is 0 Å². The van der Waals surface area contributed by atoms with E-state index in [0.29, 0.717) is 22.2 Å². The molecule has 1 aromatic heterocycles. The van der Waals surface area contributed by atoms with Crippen LogP contribution in [0.4, 0.5) is 0 Å². The third-order valence-corrected chi connectivity index (χ3v) is 3.00. The fourth-order valence-corrected chi connectivity index (χ4v) is 1.93. The van der Waals surface area contributed by atoms with Crippen LogP contribution in [0.5, 0.6) is 5.75 Å². The number of carboxylic acids is 1. The molecule has 2 aromatic rings. The van der Waals surface area contributed by atoms with E-state index in [0.717, 1.165) is 0 Å². The first kappa shape index (κ1) is 14.1. The Hall–Kier alpha value is -2.34. The summed E-state index contributed by atoms with van der Waals surface area (Å²) in [6, 6.07) is 6.09. The smallest absolute Gasteiger partial charge is 0.360 e. The molecule has 7 heteroatoms. The molecule has 0 fully saturated rings. The topological polar surface area (TPSA) is 81.4 Å². The van der Waals surface area contributed by atoms with Gasteiger partial charge in [-0.2, -0.15) is 5.10 Å². The molecule has 0 spiro atoms. The Morgan fingerprint density at radius 1 is 1.40 bits per heavy atom. The average Bonchev–Trinajstić information content (AvgIpc) is 2.39. The zero-order valence-electron chi connectivity index (χ0n) is 10.8. The lowest BCUT2D eigenvalue weighted by Crippen LogP contribution is -2.22. The lowest BCUT2D eigenvalue weighted by Gasteiger charge is -2.11. The van der Waals surface area contributed by atoms with Crippen LogP contribution in [-0.2, 0) is 0 Å². The highest BCUT2D eigenvalue weighted by Crippen LogP contribution is 2.26. The highest BCUT2D eigenvalue weighted by molar-refractivity contribution is 6.32. The van der Waals surface area contributed by atoms with Crippen molar-refractivity contribution in [1.29, 1.82) is 0 Å². The molecule has 1 heterocycles. The SMILES string of the molecule is COc1cc(-n2nc(C(=O)O)c(=O)cc2C)ccc1Cl. The second-order valence-electron chi connectivity index (χ2n) is 4.03. The normalized spacial score (nSPS) is 10.3. The van der Waals surface area contributed by atoms with E-state index < -0.39 is 17.1 Å². The molecule has 0 atom stereocenters. The zero-order chi connectivity index (χ0) is 14.9. The highest BCUT2D eigenvalue weighted by atomic mass is 35.5. The summed E-state index contributed by atoms with van der Waals surface area (Å²) in [6.07, 6.45) is 0. The Kier molecular flexibility index (Phi) is 3.76. The fourth-order valence-electron chi connectivity index (χ4n) is 1.74. The third kappa shape index (κ3) is 2.50. The number of methoxy groups -OCH3 is 1. The first-order chi connectivity index (χ1) is 9.43. The Balaban J connectivity index is 2.66. The molecule has 0 aliphatic carbocycles. The Morgan fingerprint density at radius 3 is 2.70 bits per heavy atom. The van der Waals surface area contributed by atoms with Gasteiger partial charge in [0.15, 0.2) is 0 Å². The van der Waals surface area contributed by atoms with E-state index in [-0.39, 0.29) is 0 Å². The van der Waals surface area contributed by atoms with Gasteiger partial charge < -0.3 is 9.84 Å². The van der Waals surface area contributed by atoms with Crippen LogP contribution < -0.4 is 10.2 Å². The molecule has 0 saturated heterocycles. The van der Waals surface area contributed by atoms with Crippen LogP contribution in [0.25, 0.3) is 5.69 Å². The molecule has 1 N–H and O–H groups in total. The van der Waals surface area contributed by atoms with Crippen molar-refractivity contribution in [2.45, 2.75) is 6.92 Å². The minimum atomic E-state index is -1.37. The summed E-state index contributed by atoms with van der Waals surface area (Å²) in [5, 5.41) is 13.2. The number of benzene rings is 1. The standard InChI is InChI=1S/C13H11ClN2O4/c1-7-5-10(17)12(13(18)19)15-16(7)8-3-4-9(14)11(6-8)20-2/h3-6H,1-2H3,(H,18,19). The van der Waals surface area contributed by atoms with Gasteiger partial charge in [0.2, 0.25) is 11.1 Å². The van der Waals surface area contributed by atoms with Crippen LogP contribution in [0.2, 0.25) is 5.02 Å². The van der Waals surface area contributed by atoms with Gasteiger partial charge in [0.1, 0.15) is 5.75 Å². The highest BCUT2D eigenvalue weighted by Gasteiger charge is 2.14. The van der Waals surface area contributed by atoms with Crippen molar-refractivity contribution in [2.24, 2.45) is 0 Å². The van der Waals surface area contributed by atoms with Crippen LogP contribution >= 0.6 is 11.6 Å². The molecule has 0 radical (unpaired) electrons. The van der Waals surface area contributed by atoms with Gasteiger partial charge in [-0.3, -0.25) is 4.79 Å². The number of hydrogen-bond acceptors (Lipinski definition) is 4. The summed E-state index contributed by atoms with van der Waals surface area (Å²) >= 11 is 5.93. The minimum Gasteiger partial charge on any atom is -0.495 e. The molecular formula is C13H11ClN2O4. The van der Waals surface area contributed by atoms with Gasteiger partial charge in [0.05, 0.1) is 17.8 Å². The van der Waals surface area contributed by atoms with Crippen LogP contribution in [0, 0.1) is 6.92 Å². The Morgan fingerprint density at radius 2 is 2.10 bits per heavy atom. The maximum Gasteiger partial charge on any atom is 0.360 e. The predicted octanol–water partition coefficient (Wildman–Crippen LogP) is 1.90. The third-order valence-electron chi connectivity index (χ3n) is 2.69. The van der Waals surface area contributed by atoms with E-state index in [1.54, 1.807) is 25.1 Å². The molecule has 0 amide bonds. The summed E-state index contributed by atoms with van der Waals surface area (Å²) in [4.78, 5) is 22.5. The van der Waals surface area contributed by atoms with Crippen LogP contribution in [-0.4, -0.2) is 28.0 Å². The van der Waals surface area contributed by atoms with Crippen molar-refractivity contribution in [3.63, 3.8) is 0 Å². The van der Waals surface area contributed by atoms with Gasteiger partial charge in [-0.25, -0.2) is 9.48 Å². The predicted molar refractivity (Wildman–Crippen MR) is 73.1 cm³/mol. The maximum absolute atomic E-state index is 11.5. The number of nitrogens with zero attached hydrogens (tertiary/aromatic N) is 2. The lowest BCUT2D eigenvalue weighted by molar-refractivity contribution is 0.0686. The number of hydrogen-bond donors (Lipinski definition) is 1. The number of aromatic nitrogens is 2. The average molecular weight is 295 g/mol. The summed E-state index contributed by atoms with van der Waals surface area (Å²) in [7, 11) is 1.47. The molecule has 6 nitrogen and oxygen atoms in total. The van der Waals surface area contributed by atoms with Crippen LogP contribution in [0.15, 0.2) is 29.1 Å². The number of halogens is 1. The minimum absolute atomic E-state index is 0.424. The van der Waals surface area contributed by atoms with Gasteiger partial charge in [-0.1, -0.05) is 11.6 Å². The van der Waals surface area contributed by atoms with Gasteiger partial charge in [-0.05, 0) is 19.1 Å². The lowest BCUT2D eigenvalue weighted by atomic mass is 10.2. The van der Waals surface area contributed by atoms with Gasteiger partial charge >= 0.3 is 5.97 Å². The largest absolute Gasteiger partial charge is 0.495 e. The number of carbonyl (C=O) groups is 1. The number of aryl methyl sites for hydroxylation is 1. The number of ether oxygens (including phenoxy) is 1. The summed E-state index contributed by atoms with van der Waals surface area (Å²) in [5.74, 6) is -0.939. The van der Waals surface area contributed by atoms with Crippen molar-refractivity contribution in [3.8, 4) is 11.4 Å². The van der Waals surface area contributed by atoms with E-state index >= 15 is 0 Å². The Labute approximate surface area is 119 Å². The van der Waals surface area contributed by atoms with E-state index in [4.69, 9.17) is 21.4 Å². The molecule has 1 aromatic carbocycles. The molecule has 0 aliphatic heterocycles.